The number of hydrogen-bond acceptors (Lipinski definition) is 11. The van der Waals surface area contributed by atoms with E-state index in [4.69, 9.17) is 27.3 Å². The van der Waals surface area contributed by atoms with Crippen LogP contribution in [0.1, 0.15) is 7.12 Å². The number of β-lactam (4-membered cyclic amide) rings is 1. The Bertz CT molecular complexity index is 1010. The molecule has 0 saturated carbocycles. The van der Waals surface area contributed by atoms with Crippen LogP contribution < -0.4 is 46.3 Å². The van der Waals surface area contributed by atoms with Crippen LogP contribution in [0, 0.1) is 12.3 Å². The number of hydrogen-bond donors (Lipinski definition) is 4. The van der Waals surface area contributed by atoms with Gasteiger partial charge in [0.2, 0.25) is 0 Å². The molecule has 2 atom stereocenters. The summed E-state index contributed by atoms with van der Waals surface area (Å²) < 4.78 is 36.3. The van der Waals surface area contributed by atoms with Gasteiger partial charge in [-0.3, -0.25) is 14.1 Å². The summed E-state index contributed by atoms with van der Waals surface area (Å²) in [5.74, 6) is -0.0490. The molecule has 1 aliphatic rings. The number of carbonyl (C=O) groups excluding carboxylic acids is 3. The summed E-state index contributed by atoms with van der Waals surface area (Å²) in [7, 11) is -4.97. The molecule has 1 aromatic heterocycles. The van der Waals surface area contributed by atoms with E-state index in [2.05, 4.69) is 26.1 Å². The molecule has 14 nitrogen and oxygen atoms in total. The van der Waals surface area contributed by atoms with Crippen molar-refractivity contribution in [2.24, 2.45) is 10.9 Å². The number of primary amides is 1. The van der Waals surface area contributed by atoms with Gasteiger partial charge in [-0.25, -0.2) is 14.1 Å². The fraction of sp³-hybridized carbons (Fsp3) is 0.308. The summed E-state index contributed by atoms with van der Waals surface area (Å²) in [4.78, 5) is 44.1. The van der Waals surface area contributed by atoms with Crippen LogP contribution in [0.15, 0.2) is 10.5 Å². The standard InChI is InChI=1S/C13H14N6O8S2.Na.H/c1-2-3-27-18-8(6-5-28-12(14)16-6)10(20)17-9-7(4-26-13(15)22)19(11(9)21)29(23,24)25;;/h1,5,7,9H,3-4H2,(H2,14,16)(H2,15,22)(H,17,20)(H,23,24,25);;/q;+1;-1/b18-8-;;/t7-,9+;;/m1../s1. The van der Waals surface area contributed by atoms with Gasteiger partial charge in [-0.1, -0.05) is 11.1 Å². The van der Waals surface area contributed by atoms with Crippen LogP contribution >= 0.6 is 11.3 Å². The molecule has 3 amide bonds. The first kappa shape index (κ1) is 25.6. The number of nitrogens with two attached hydrogens (primary N) is 2. The predicted molar refractivity (Wildman–Crippen MR) is 98.6 cm³/mol. The molecule has 0 spiro atoms. The van der Waals surface area contributed by atoms with Crippen molar-refractivity contribution < 1.29 is 67.9 Å². The zero-order valence-corrected chi connectivity index (χ0v) is 19.0. The third-order valence-corrected chi connectivity index (χ3v) is 5.01. The number of nitrogen functional groups attached to an aromatic ring is 1. The molecule has 2 heterocycles. The second-order valence-corrected chi connectivity index (χ2v) is 7.43. The van der Waals surface area contributed by atoms with Crippen molar-refractivity contribution in [2.75, 3.05) is 18.9 Å². The molecule has 30 heavy (non-hydrogen) atoms. The smallest absolute Gasteiger partial charge is 1.00 e. The Morgan fingerprint density at radius 3 is 2.70 bits per heavy atom. The number of thiazole rings is 1. The molecule has 158 valence electrons. The van der Waals surface area contributed by atoms with Gasteiger partial charge in [0.25, 0.3) is 11.8 Å². The van der Waals surface area contributed by atoms with Crippen LogP contribution in [-0.2, 0) is 29.5 Å². The van der Waals surface area contributed by atoms with E-state index in [0.29, 0.717) is 0 Å². The molecule has 1 fully saturated rings. The molecule has 0 aromatic carbocycles. The number of amides is 3. The molecule has 1 aromatic rings. The largest absolute Gasteiger partial charge is 1.00 e. The number of carbonyl (C=O) groups is 3. The summed E-state index contributed by atoms with van der Waals surface area (Å²) in [6, 6.07) is -2.93. The first-order valence-corrected chi connectivity index (χ1v) is 9.72. The van der Waals surface area contributed by atoms with Crippen molar-refractivity contribution in [3.8, 4) is 12.3 Å². The molecular weight excluding hydrogens is 455 g/mol. The van der Waals surface area contributed by atoms with Gasteiger partial charge < -0.3 is 27.8 Å². The van der Waals surface area contributed by atoms with Crippen molar-refractivity contribution in [3.05, 3.63) is 11.1 Å². The number of ether oxygens (including phenoxy) is 1. The second-order valence-electron chi connectivity index (χ2n) is 5.25. The maximum absolute atomic E-state index is 12.6. The normalized spacial score (nSPS) is 18.5. The van der Waals surface area contributed by atoms with Crippen LogP contribution in [0.3, 0.4) is 0 Å². The molecular formula is C13H15N6NaO8S2. The summed E-state index contributed by atoms with van der Waals surface area (Å²) in [5.41, 5.74) is 9.94. The second kappa shape index (κ2) is 10.6. The summed E-state index contributed by atoms with van der Waals surface area (Å²) in [5, 5.41) is 7.25. The number of rotatable bonds is 8. The predicted octanol–water partition coefficient (Wildman–Crippen LogP) is -5.21. The maximum Gasteiger partial charge on any atom is 1.00 e. The quantitative estimate of drug-likeness (QED) is 0.0538. The number of nitrogens with zero attached hydrogens (tertiary/aromatic N) is 3. The summed E-state index contributed by atoms with van der Waals surface area (Å²) in [6.07, 6.45) is 3.78. The molecule has 0 bridgehead atoms. The van der Waals surface area contributed by atoms with E-state index >= 15 is 0 Å². The fourth-order valence-corrected chi connectivity index (χ4v) is 3.65. The third kappa shape index (κ3) is 6.04. The monoisotopic (exact) mass is 470 g/mol. The minimum absolute atomic E-state index is 0. The molecule has 1 saturated heterocycles. The Kier molecular flexibility index (Phi) is 9.02. The van der Waals surface area contributed by atoms with E-state index in [-0.39, 0.29) is 52.7 Å². The van der Waals surface area contributed by atoms with E-state index in [0.717, 1.165) is 11.3 Å². The fourth-order valence-electron chi connectivity index (χ4n) is 2.24. The minimum atomic E-state index is -4.97. The average molecular weight is 470 g/mol. The zero-order chi connectivity index (χ0) is 21.8. The van der Waals surface area contributed by atoms with E-state index in [9.17, 15) is 22.8 Å². The maximum atomic E-state index is 12.6. The topological polar surface area (TPSA) is 217 Å². The van der Waals surface area contributed by atoms with Gasteiger partial charge >= 0.3 is 46.0 Å². The van der Waals surface area contributed by atoms with Crippen LogP contribution in [0.5, 0.6) is 0 Å². The Labute approximate surface area is 197 Å². The molecule has 17 heteroatoms. The zero-order valence-electron chi connectivity index (χ0n) is 16.3. The van der Waals surface area contributed by atoms with E-state index in [1.165, 1.54) is 5.38 Å². The molecule has 0 unspecified atom stereocenters. The van der Waals surface area contributed by atoms with Crippen LogP contribution in [0.2, 0.25) is 0 Å². The molecule has 2 rings (SSSR count). The Morgan fingerprint density at radius 1 is 1.53 bits per heavy atom. The van der Waals surface area contributed by atoms with Gasteiger partial charge in [-0.05, 0) is 0 Å². The molecule has 1 aliphatic heterocycles. The summed E-state index contributed by atoms with van der Waals surface area (Å²) in [6.45, 7) is -0.986. The molecule has 0 radical (unpaired) electrons. The third-order valence-electron chi connectivity index (χ3n) is 3.38. The SMILES string of the molecule is C#CCO/N=C(\C(=O)N[C@@H]1C(=O)N(S(=O)(=O)O)[C@@H]1COC(N)=O)c1csc(N)n1.[H-].[Na+]. The number of nitrogens with one attached hydrogen (secondary N) is 1. The van der Waals surface area contributed by atoms with Crippen molar-refractivity contribution in [3.63, 3.8) is 0 Å². The number of terminal acetylenes is 1. The first-order chi connectivity index (χ1) is 13.6. The average Bonchev–Trinajstić information content (AvgIpc) is 3.04. The van der Waals surface area contributed by atoms with Crippen molar-refractivity contribution in [2.45, 2.75) is 12.1 Å². The van der Waals surface area contributed by atoms with E-state index in [1.54, 1.807) is 0 Å². The van der Waals surface area contributed by atoms with Gasteiger partial charge in [0.1, 0.15) is 24.4 Å². The van der Waals surface area contributed by atoms with Gasteiger partial charge in [-0.2, -0.15) is 8.42 Å². The van der Waals surface area contributed by atoms with Gasteiger partial charge in [0, 0.05) is 5.38 Å². The minimum Gasteiger partial charge on any atom is -1.00 e. The van der Waals surface area contributed by atoms with Crippen LogP contribution in [0.4, 0.5) is 9.93 Å². The number of oxime groups is 1. The van der Waals surface area contributed by atoms with Gasteiger partial charge in [0.15, 0.2) is 17.5 Å². The van der Waals surface area contributed by atoms with Gasteiger partial charge in [-0.15, -0.1) is 17.8 Å². The number of anilines is 1. The van der Waals surface area contributed by atoms with Crippen LogP contribution in [0.25, 0.3) is 0 Å². The first-order valence-electron chi connectivity index (χ1n) is 7.44. The van der Waals surface area contributed by atoms with E-state index < -0.39 is 52.6 Å². The Balaban J connectivity index is 0.00000450. The van der Waals surface area contributed by atoms with Crippen molar-refractivity contribution in [1.29, 1.82) is 0 Å². The van der Waals surface area contributed by atoms with E-state index in [1.807, 2.05) is 0 Å². The van der Waals surface area contributed by atoms with Crippen molar-refractivity contribution in [1.82, 2.24) is 14.6 Å². The van der Waals surface area contributed by atoms with Crippen LogP contribution in [-0.4, -0.2) is 71.2 Å². The molecule has 6 N–H and O–H groups in total. The van der Waals surface area contributed by atoms with Crippen molar-refractivity contribution >= 4 is 50.4 Å². The Morgan fingerprint density at radius 2 is 2.20 bits per heavy atom. The Hall–Kier alpha value is -2.42. The summed E-state index contributed by atoms with van der Waals surface area (Å²) >= 11 is 0.995. The number of aromatic nitrogens is 1. The molecule has 0 aliphatic carbocycles. The van der Waals surface area contributed by atoms with Gasteiger partial charge in [0.05, 0.1) is 0 Å².